The second-order valence-electron chi connectivity index (χ2n) is 4.26. The molecule has 0 bridgehead atoms. The molecule has 0 aliphatic rings. The van der Waals surface area contributed by atoms with Crippen LogP contribution in [0.5, 0.6) is 0 Å². The lowest BCUT2D eigenvalue weighted by Gasteiger charge is -2.09. The van der Waals surface area contributed by atoms with Crippen molar-refractivity contribution >= 4 is 31.6 Å². The molecule has 0 saturated heterocycles. The maximum absolute atomic E-state index is 11.7. The van der Waals surface area contributed by atoms with Crippen molar-refractivity contribution < 1.29 is 12.9 Å². The first kappa shape index (κ1) is 14.1. The number of hydrogen-bond acceptors (Lipinski definition) is 5. The number of sulfone groups is 1. The lowest BCUT2D eigenvalue weighted by atomic mass is 10.0. The third-order valence-corrected chi connectivity index (χ3v) is 5.09. The van der Waals surface area contributed by atoms with Gasteiger partial charge in [-0.1, -0.05) is 39.3 Å². The molecule has 7 heteroatoms. The van der Waals surface area contributed by atoms with E-state index in [1.165, 1.54) is 0 Å². The van der Waals surface area contributed by atoms with Crippen molar-refractivity contribution in [1.29, 1.82) is 0 Å². The molecule has 1 aromatic carbocycles. The Kier molecular flexibility index (Phi) is 3.69. The lowest BCUT2D eigenvalue weighted by molar-refractivity contribution is 0.385. The van der Waals surface area contributed by atoms with E-state index >= 15 is 0 Å². The van der Waals surface area contributed by atoms with E-state index in [0.717, 1.165) is 16.3 Å². The standard InChI is InChI=1S/C12H13BrN2O3S/c1-7(19(2,16)17)11-10(12(14)15-18-11)8-5-3-4-6-9(8)13/h3-7H,1-2H3,(H2,14,15). The third kappa shape index (κ3) is 2.66. The SMILES string of the molecule is CC(c1onc(N)c1-c1ccccc1Br)S(C)(=O)=O. The van der Waals surface area contributed by atoms with Gasteiger partial charge in [-0.2, -0.15) is 0 Å². The molecular weight excluding hydrogens is 332 g/mol. The van der Waals surface area contributed by atoms with Crippen molar-refractivity contribution in [2.24, 2.45) is 0 Å². The maximum Gasteiger partial charge on any atom is 0.175 e. The third-order valence-electron chi connectivity index (χ3n) is 2.90. The fourth-order valence-electron chi connectivity index (χ4n) is 1.72. The van der Waals surface area contributed by atoms with Gasteiger partial charge in [-0.25, -0.2) is 8.42 Å². The zero-order chi connectivity index (χ0) is 14.2. The summed E-state index contributed by atoms with van der Waals surface area (Å²) in [5, 5.41) is 2.88. The molecule has 0 fully saturated rings. The minimum Gasteiger partial charge on any atom is -0.380 e. The van der Waals surface area contributed by atoms with Crippen LogP contribution in [0.25, 0.3) is 11.1 Å². The average Bonchev–Trinajstić information content (AvgIpc) is 2.69. The topological polar surface area (TPSA) is 86.2 Å². The van der Waals surface area contributed by atoms with Crippen LogP contribution in [-0.4, -0.2) is 19.8 Å². The van der Waals surface area contributed by atoms with Crippen LogP contribution < -0.4 is 5.73 Å². The summed E-state index contributed by atoms with van der Waals surface area (Å²) in [7, 11) is -3.29. The first-order valence-corrected chi connectivity index (χ1v) is 8.26. The highest BCUT2D eigenvalue weighted by atomic mass is 79.9. The highest BCUT2D eigenvalue weighted by Gasteiger charge is 2.28. The van der Waals surface area contributed by atoms with Crippen LogP contribution in [0.3, 0.4) is 0 Å². The van der Waals surface area contributed by atoms with Crippen molar-refractivity contribution in [3.05, 3.63) is 34.5 Å². The zero-order valence-electron chi connectivity index (χ0n) is 10.4. The fourth-order valence-corrected chi connectivity index (χ4v) is 2.76. The summed E-state index contributed by atoms with van der Waals surface area (Å²) in [6, 6.07) is 7.36. The van der Waals surface area contributed by atoms with Gasteiger partial charge in [0.05, 0.1) is 5.56 Å². The Morgan fingerprint density at radius 1 is 1.37 bits per heavy atom. The second-order valence-corrected chi connectivity index (χ2v) is 7.48. The van der Waals surface area contributed by atoms with Crippen LogP contribution in [0.15, 0.2) is 33.3 Å². The Labute approximate surface area is 119 Å². The molecule has 19 heavy (non-hydrogen) atoms. The summed E-state index contributed by atoms with van der Waals surface area (Å²) in [6.07, 6.45) is 1.15. The number of anilines is 1. The summed E-state index contributed by atoms with van der Waals surface area (Å²) in [4.78, 5) is 0. The highest BCUT2D eigenvalue weighted by molar-refractivity contribution is 9.10. The molecule has 0 amide bonds. The summed E-state index contributed by atoms with van der Waals surface area (Å²) >= 11 is 3.41. The number of aromatic nitrogens is 1. The van der Waals surface area contributed by atoms with Crippen molar-refractivity contribution in [1.82, 2.24) is 5.16 Å². The first-order chi connectivity index (χ1) is 8.82. The molecule has 2 aromatic rings. The van der Waals surface area contributed by atoms with Crippen LogP contribution in [0.1, 0.15) is 17.9 Å². The predicted octanol–water partition coefficient (Wildman–Crippen LogP) is 2.79. The van der Waals surface area contributed by atoms with E-state index in [1.807, 2.05) is 24.3 Å². The average molecular weight is 345 g/mol. The van der Waals surface area contributed by atoms with E-state index in [-0.39, 0.29) is 11.6 Å². The van der Waals surface area contributed by atoms with E-state index in [0.29, 0.717) is 5.56 Å². The fraction of sp³-hybridized carbons (Fsp3) is 0.250. The van der Waals surface area contributed by atoms with E-state index in [2.05, 4.69) is 21.1 Å². The highest BCUT2D eigenvalue weighted by Crippen LogP contribution is 2.39. The van der Waals surface area contributed by atoms with Gasteiger partial charge in [0.25, 0.3) is 0 Å². The van der Waals surface area contributed by atoms with Gasteiger partial charge in [-0.15, -0.1) is 0 Å². The Hall–Kier alpha value is -1.34. The van der Waals surface area contributed by atoms with Gasteiger partial charge < -0.3 is 10.3 Å². The van der Waals surface area contributed by atoms with Gasteiger partial charge in [-0.3, -0.25) is 0 Å². The molecular formula is C12H13BrN2O3S. The number of benzene rings is 1. The molecule has 0 saturated carbocycles. The van der Waals surface area contributed by atoms with Crippen LogP contribution in [0.2, 0.25) is 0 Å². The van der Waals surface area contributed by atoms with Crippen LogP contribution in [0, 0.1) is 0 Å². The summed E-state index contributed by atoms with van der Waals surface area (Å²) in [5.74, 6) is 0.435. The Balaban J connectivity index is 2.66. The van der Waals surface area contributed by atoms with E-state index in [4.69, 9.17) is 10.3 Å². The van der Waals surface area contributed by atoms with Crippen molar-refractivity contribution in [2.75, 3.05) is 12.0 Å². The van der Waals surface area contributed by atoms with Gasteiger partial charge in [0.1, 0.15) is 5.25 Å². The minimum absolute atomic E-state index is 0.178. The van der Waals surface area contributed by atoms with Crippen LogP contribution in [-0.2, 0) is 9.84 Å². The number of nitrogens with two attached hydrogens (primary N) is 1. The van der Waals surface area contributed by atoms with Gasteiger partial charge >= 0.3 is 0 Å². The summed E-state index contributed by atoms with van der Waals surface area (Å²) in [5.41, 5.74) is 7.08. The predicted molar refractivity (Wildman–Crippen MR) is 77.3 cm³/mol. The molecule has 2 N–H and O–H groups in total. The molecule has 2 rings (SSSR count). The molecule has 0 aliphatic carbocycles. The molecule has 1 aromatic heterocycles. The number of halogens is 1. The molecule has 1 atom stereocenters. The summed E-state index contributed by atoms with van der Waals surface area (Å²) in [6.45, 7) is 1.55. The quantitative estimate of drug-likeness (QED) is 0.924. The molecule has 0 radical (unpaired) electrons. The van der Waals surface area contributed by atoms with E-state index < -0.39 is 15.1 Å². The van der Waals surface area contributed by atoms with Gasteiger partial charge in [0, 0.05) is 16.3 Å². The monoisotopic (exact) mass is 344 g/mol. The Bertz CT molecular complexity index is 710. The first-order valence-electron chi connectivity index (χ1n) is 5.51. The van der Waals surface area contributed by atoms with Gasteiger partial charge in [-0.05, 0) is 13.0 Å². The molecule has 102 valence electrons. The van der Waals surface area contributed by atoms with Crippen molar-refractivity contribution in [2.45, 2.75) is 12.2 Å². The van der Waals surface area contributed by atoms with Crippen molar-refractivity contribution in [3.63, 3.8) is 0 Å². The number of rotatable bonds is 3. The van der Waals surface area contributed by atoms with E-state index in [9.17, 15) is 8.42 Å². The molecule has 0 spiro atoms. The van der Waals surface area contributed by atoms with E-state index in [1.54, 1.807) is 6.92 Å². The smallest absolute Gasteiger partial charge is 0.175 e. The second kappa shape index (κ2) is 4.97. The lowest BCUT2D eigenvalue weighted by Crippen LogP contribution is -2.08. The maximum atomic E-state index is 11.7. The summed E-state index contributed by atoms with van der Waals surface area (Å²) < 4.78 is 29.3. The molecule has 1 heterocycles. The van der Waals surface area contributed by atoms with Crippen LogP contribution in [0.4, 0.5) is 5.82 Å². The van der Waals surface area contributed by atoms with Gasteiger partial charge in [0.2, 0.25) is 0 Å². The normalized spacial score (nSPS) is 13.4. The van der Waals surface area contributed by atoms with Crippen molar-refractivity contribution in [3.8, 4) is 11.1 Å². The Morgan fingerprint density at radius 3 is 2.58 bits per heavy atom. The molecule has 1 unspecified atom stereocenters. The molecule has 5 nitrogen and oxygen atoms in total. The number of hydrogen-bond donors (Lipinski definition) is 1. The largest absolute Gasteiger partial charge is 0.380 e. The van der Waals surface area contributed by atoms with Crippen LogP contribution >= 0.6 is 15.9 Å². The number of nitrogens with zero attached hydrogens (tertiary/aromatic N) is 1. The van der Waals surface area contributed by atoms with Gasteiger partial charge in [0.15, 0.2) is 21.4 Å². The Morgan fingerprint density at radius 2 is 2.00 bits per heavy atom. The number of nitrogen functional groups attached to an aromatic ring is 1. The minimum atomic E-state index is -3.29. The zero-order valence-corrected chi connectivity index (χ0v) is 12.8. The molecule has 0 aliphatic heterocycles.